The van der Waals surface area contributed by atoms with Crippen molar-refractivity contribution in [2.75, 3.05) is 19.0 Å². The smallest absolute Gasteiger partial charge is 0.322 e. The van der Waals surface area contributed by atoms with Crippen LogP contribution in [-0.4, -0.2) is 29.7 Å². The fourth-order valence-electron chi connectivity index (χ4n) is 0.578. The Morgan fingerprint density at radius 2 is 2.55 bits per heavy atom. The molecule has 0 radical (unpaired) electrons. The van der Waals surface area contributed by atoms with Crippen molar-refractivity contribution >= 4 is 22.6 Å². The predicted molar refractivity (Wildman–Crippen MR) is 42.8 cm³/mol. The molecule has 0 atom stereocenters. The van der Waals surface area contributed by atoms with Crippen LogP contribution in [0.15, 0.2) is 6.20 Å². The summed E-state index contributed by atoms with van der Waals surface area (Å²) in [5.74, 6) is 0. The molecule has 0 spiro atoms. The number of anilines is 1. The number of urea groups is 1. The Balaban J connectivity index is 2.70. The molecule has 0 aliphatic carbocycles. The third kappa shape index (κ3) is 1.64. The zero-order valence-corrected chi connectivity index (χ0v) is 7.05. The standard InChI is InChI=1S/C5H8N4OS/c1-6-5(10)9(2)4-3-7-8-11-4/h3H,1-2H3,(H,6,10). The molecule has 0 unspecified atom stereocenters. The van der Waals surface area contributed by atoms with Gasteiger partial charge in [0.1, 0.15) is 5.00 Å². The summed E-state index contributed by atoms with van der Waals surface area (Å²) in [7, 11) is 3.24. The highest BCUT2D eigenvalue weighted by Gasteiger charge is 2.09. The maximum Gasteiger partial charge on any atom is 0.322 e. The molecule has 2 amide bonds. The largest absolute Gasteiger partial charge is 0.341 e. The van der Waals surface area contributed by atoms with Crippen molar-refractivity contribution in [2.45, 2.75) is 0 Å². The van der Waals surface area contributed by atoms with Gasteiger partial charge in [-0.05, 0) is 0 Å². The van der Waals surface area contributed by atoms with Gasteiger partial charge in [-0.1, -0.05) is 4.49 Å². The molecule has 0 saturated heterocycles. The molecule has 11 heavy (non-hydrogen) atoms. The maximum atomic E-state index is 11.0. The molecule has 60 valence electrons. The van der Waals surface area contributed by atoms with E-state index in [-0.39, 0.29) is 6.03 Å². The lowest BCUT2D eigenvalue weighted by Gasteiger charge is -2.11. The summed E-state index contributed by atoms with van der Waals surface area (Å²) in [6, 6.07) is -0.170. The number of nitrogens with zero attached hydrogens (tertiary/aromatic N) is 3. The Morgan fingerprint density at radius 3 is 3.00 bits per heavy atom. The monoisotopic (exact) mass is 172 g/mol. The topological polar surface area (TPSA) is 58.1 Å². The second-order valence-electron chi connectivity index (χ2n) is 1.87. The molecular weight excluding hydrogens is 164 g/mol. The van der Waals surface area contributed by atoms with Gasteiger partial charge in [0.05, 0.1) is 6.20 Å². The summed E-state index contributed by atoms with van der Waals surface area (Å²) in [6.45, 7) is 0. The minimum atomic E-state index is -0.170. The number of carbonyl (C=O) groups is 1. The first-order valence-electron chi connectivity index (χ1n) is 2.98. The van der Waals surface area contributed by atoms with Gasteiger partial charge in [-0.25, -0.2) is 4.79 Å². The molecule has 0 bridgehead atoms. The number of rotatable bonds is 1. The van der Waals surface area contributed by atoms with Gasteiger partial charge in [-0.3, -0.25) is 4.90 Å². The predicted octanol–water partition coefficient (Wildman–Crippen LogP) is 0.314. The lowest BCUT2D eigenvalue weighted by molar-refractivity contribution is 0.249. The minimum absolute atomic E-state index is 0.170. The quantitative estimate of drug-likeness (QED) is 0.663. The highest BCUT2D eigenvalue weighted by Crippen LogP contribution is 2.14. The van der Waals surface area contributed by atoms with Crippen molar-refractivity contribution in [1.82, 2.24) is 14.9 Å². The van der Waals surface area contributed by atoms with Gasteiger partial charge >= 0.3 is 6.03 Å². The van der Waals surface area contributed by atoms with Crippen LogP contribution in [0.25, 0.3) is 0 Å². The van der Waals surface area contributed by atoms with E-state index in [0.717, 1.165) is 5.00 Å². The molecule has 1 rings (SSSR count). The maximum absolute atomic E-state index is 11.0. The van der Waals surface area contributed by atoms with Crippen molar-refractivity contribution < 1.29 is 4.79 Å². The summed E-state index contributed by atoms with van der Waals surface area (Å²) < 4.78 is 3.63. The fourth-order valence-corrected chi connectivity index (χ4v) is 1.06. The first-order chi connectivity index (χ1) is 5.25. The van der Waals surface area contributed by atoms with E-state index in [1.165, 1.54) is 16.4 Å². The Morgan fingerprint density at radius 1 is 1.82 bits per heavy atom. The minimum Gasteiger partial charge on any atom is -0.341 e. The highest BCUT2D eigenvalue weighted by molar-refractivity contribution is 7.10. The molecule has 5 nitrogen and oxygen atoms in total. The molecule has 1 aromatic rings. The third-order valence-electron chi connectivity index (χ3n) is 1.20. The molecule has 0 aliphatic heterocycles. The van der Waals surface area contributed by atoms with Crippen LogP contribution in [0.5, 0.6) is 0 Å². The van der Waals surface area contributed by atoms with Gasteiger partial charge < -0.3 is 5.32 Å². The fraction of sp³-hybridized carbons (Fsp3) is 0.400. The van der Waals surface area contributed by atoms with Gasteiger partial charge in [-0.2, -0.15) is 0 Å². The van der Waals surface area contributed by atoms with Crippen LogP contribution in [0.3, 0.4) is 0 Å². The molecule has 6 heteroatoms. The number of amides is 2. The summed E-state index contributed by atoms with van der Waals surface area (Å²) in [5.41, 5.74) is 0. The number of nitrogens with one attached hydrogen (secondary N) is 1. The van der Waals surface area contributed by atoms with Crippen molar-refractivity contribution in [1.29, 1.82) is 0 Å². The molecule has 1 aromatic heterocycles. The normalized spacial score (nSPS) is 9.27. The lowest BCUT2D eigenvalue weighted by atomic mass is 10.7. The van der Waals surface area contributed by atoms with Crippen LogP contribution in [0, 0.1) is 0 Å². The molecular formula is C5H8N4OS. The summed E-state index contributed by atoms with van der Waals surface area (Å²) >= 11 is 1.18. The van der Waals surface area contributed by atoms with Gasteiger partial charge in [0.15, 0.2) is 0 Å². The first-order valence-corrected chi connectivity index (χ1v) is 3.76. The van der Waals surface area contributed by atoms with E-state index in [4.69, 9.17) is 0 Å². The van der Waals surface area contributed by atoms with Crippen LogP contribution in [0.2, 0.25) is 0 Å². The molecule has 1 heterocycles. The van der Waals surface area contributed by atoms with Crippen molar-refractivity contribution in [3.63, 3.8) is 0 Å². The van der Waals surface area contributed by atoms with E-state index in [0.29, 0.717) is 0 Å². The zero-order chi connectivity index (χ0) is 8.27. The summed E-state index contributed by atoms with van der Waals surface area (Å²) in [6.07, 6.45) is 1.54. The SMILES string of the molecule is CNC(=O)N(C)c1cnns1. The molecule has 0 saturated carbocycles. The van der Waals surface area contributed by atoms with E-state index >= 15 is 0 Å². The van der Waals surface area contributed by atoms with E-state index < -0.39 is 0 Å². The van der Waals surface area contributed by atoms with Crippen LogP contribution in [-0.2, 0) is 0 Å². The van der Waals surface area contributed by atoms with Crippen LogP contribution in [0.4, 0.5) is 9.80 Å². The van der Waals surface area contributed by atoms with Crippen LogP contribution < -0.4 is 10.2 Å². The van der Waals surface area contributed by atoms with E-state index in [1.54, 1.807) is 20.3 Å². The second-order valence-corrected chi connectivity index (χ2v) is 2.63. The average molecular weight is 172 g/mol. The van der Waals surface area contributed by atoms with Gasteiger partial charge in [0.25, 0.3) is 0 Å². The Labute approximate surface area is 68.2 Å². The third-order valence-corrected chi connectivity index (χ3v) is 1.94. The van der Waals surface area contributed by atoms with E-state index in [9.17, 15) is 4.79 Å². The lowest BCUT2D eigenvalue weighted by Crippen LogP contribution is -2.34. The highest BCUT2D eigenvalue weighted by atomic mass is 32.1. The van der Waals surface area contributed by atoms with Crippen molar-refractivity contribution in [3.8, 4) is 0 Å². The number of hydrogen-bond donors (Lipinski definition) is 1. The molecule has 0 fully saturated rings. The summed E-state index contributed by atoms with van der Waals surface area (Å²) in [5, 5.41) is 6.82. The molecule has 0 aromatic carbocycles. The Bertz CT molecular complexity index is 235. The van der Waals surface area contributed by atoms with Crippen molar-refractivity contribution in [3.05, 3.63) is 6.20 Å². The Hall–Kier alpha value is -1.17. The van der Waals surface area contributed by atoms with E-state index in [1.807, 2.05) is 0 Å². The number of carbonyl (C=O) groups excluding carboxylic acids is 1. The molecule has 0 aliphatic rings. The average Bonchev–Trinajstić information content (AvgIpc) is 2.53. The number of hydrogen-bond acceptors (Lipinski definition) is 4. The van der Waals surface area contributed by atoms with Gasteiger partial charge in [-0.15, -0.1) is 5.10 Å². The van der Waals surface area contributed by atoms with E-state index in [2.05, 4.69) is 14.9 Å². The van der Waals surface area contributed by atoms with Crippen LogP contribution >= 0.6 is 11.5 Å². The second kappa shape index (κ2) is 3.29. The Kier molecular flexibility index (Phi) is 2.37. The first kappa shape index (κ1) is 7.93. The summed E-state index contributed by atoms with van der Waals surface area (Å²) in [4.78, 5) is 12.4. The van der Waals surface area contributed by atoms with Gasteiger partial charge in [0.2, 0.25) is 0 Å². The van der Waals surface area contributed by atoms with Gasteiger partial charge in [0, 0.05) is 25.6 Å². The number of aromatic nitrogens is 2. The zero-order valence-electron chi connectivity index (χ0n) is 6.24. The molecule has 1 N–H and O–H groups in total. The van der Waals surface area contributed by atoms with Crippen LogP contribution in [0.1, 0.15) is 0 Å². The van der Waals surface area contributed by atoms with Crippen molar-refractivity contribution in [2.24, 2.45) is 0 Å².